The van der Waals surface area contributed by atoms with Crippen molar-refractivity contribution in [1.82, 2.24) is 5.32 Å². The average molecular weight is 677 g/mol. The Labute approximate surface area is 284 Å². The summed E-state index contributed by atoms with van der Waals surface area (Å²) in [6, 6.07) is 22.3. The summed E-state index contributed by atoms with van der Waals surface area (Å²) < 4.78 is 11.4. The lowest BCUT2D eigenvalue weighted by atomic mass is 10.1. The second-order valence-corrected chi connectivity index (χ2v) is 12.1. The third-order valence-electron chi connectivity index (χ3n) is 7.34. The van der Waals surface area contributed by atoms with Gasteiger partial charge in [-0.05, 0) is 84.4 Å². The standard InChI is InChI=1S/C36H44N4O7S/c41-24-28-21-27(13-14-32(28)42)33(43)23-37-15-3-1-2-4-16-46-17-18-47-25-26-8-5-9-29(20-26)39-36(45)40-31-11-6-10-30(22-31)38-35(44)34-12-7-19-48-34/h5-14,19-22,33,37,41-43H,1-4,15-18,23-25H2,(H,38,44)(H2,39,40,45)/t33-/m0/s1. The molecular weight excluding hydrogens is 632 g/mol. The van der Waals surface area contributed by atoms with Crippen LogP contribution in [0.25, 0.3) is 0 Å². The summed E-state index contributed by atoms with van der Waals surface area (Å²) in [6.07, 6.45) is 3.36. The normalized spacial score (nSPS) is 11.6. The van der Waals surface area contributed by atoms with Crippen molar-refractivity contribution in [2.75, 3.05) is 48.9 Å². The zero-order valence-corrected chi connectivity index (χ0v) is 27.6. The molecule has 0 aliphatic rings. The smallest absolute Gasteiger partial charge is 0.323 e. The number of aromatic hydroxyl groups is 1. The molecular formula is C36H44N4O7S. The van der Waals surface area contributed by atoms with Gasteiger partial charge in [0.1, 0.15) is 5.75 Å². The molecule has 0 saturated carbocycles. The van der Waals surface area contributed by atoms with E-state index in [2.05, 4.69) is 21.3 Å². The quantitative estimate of drug-likeness (QED) is 0.0540. The molecule has 0 saturated heterocycles. The lowest BCUT2D eigenvalue weighted by Gasteiger charge is -2.14. The Hall–Kier alpha value is -4.30. The van der Waals surface area contributed by atoms with Gasteiger partial charge < -0.3 is 46.1 Å². The molecule has 3 amide bonds. The fourth-order valence-corrected chi connectivity index (χ4v) is 5.44. The largest absolute Gasteiger partial charge is 0.508 e. The van der Waals surface area contributed by atoms with Crippen LogP contribution >= 0.6 is 11.3 Å². The predicted octanol–water partition coefficient (Wildman–Crippen LogP) is 6.26. The highest BCUT2D eigenvalue weighted by atomic mass is 32.1. The zero-order valence-electron chi connectivity index (χ0n) is 26.8. The summed E-state index contributed by atoms with van der Waals surface area (Å²) in [7, 11) is 0. The van der Waals surface area contributed by atoms with Gasteiger partial charge in [0.15, 0.2) is 0 Å². The SMILES string of the molecule is O=C(Nc1cccc(COCCOCCCCCCNC[C@H](O)c2ccc(O)c(CO)c2)c1)Nc1cccc(NC(=O)c2cccs2)c1. The third kappa shape index (κ3) is 12.7. The summed E-state index contributed by atoms with van der Waals surface area (Å²) in [6.45, 7) is 2.96. The van der Waals surface area contributed by atoms with Crippen molar-refractivity contribution in [3.8, 4) is 5.75 Å². The van der Waals surface area contributed by atoms with Crippen LogP contribution in [-0.2, 0) is 22.7 Å². The van der Waals surface area contributed by atoms with Crippen molar-refractivity contribution in [3.63, 3.8) is 0 Å². The number of hydrogen-bond acceptors (Lipinski definition) is 9. The Balaban J connectivity index is 1.01. The van der Waals surface area contributed by atoms with Crippen molar-refractivity contribution in [3.05, 3.63) is 106 Å². The van der Waals surface area contributed by atoms with Gasteiger partial charge >= 0.3 is 6.03 Å². The molecule has 11 nitrogen and oxygen atoms in total. The van der Waals surface area contributed by atoms with Crippen LogP contribution in [-0.4, -0.2) is 60.2 Å². The van der Waals surface area contributed by atoms with E-state index in [1.807, 2.05) is 29.6 Å². The van der Waals surface area contributed by atoms with E-state index in [1.54, 1.807) is 48.5 Å². The molecule has 1 aromatic heterocycles. The van der Waals surface area contributed by atoms with E-state index in [0.717, 1.165) is 37.8 Å². The fourth-order valence-electron chi connectivity index (χ4n) is 4.82. The number of amides is 3. The maximum absolute atomic E-state index is 12.6. The van der Waals surface area contributed by atoms with Gasteiger partial charge in [-0.1, -0.05) is 43.2 Å². The number of phenols is 1. The number of aliphatic hydroxyl groups is 2. The molecule has 4 aromatic rings. The Morgan fingerprint density at radius 2 is 1.50 bits per heavy atom. The minimum Gasteiger partial charge on any atom is -0.508 e. The molecule has 0 spiro atoms. The summed E-state index contributed by atoms with van der Waals surface area (Å²) in [5, 5.41) is 42.8. The molecule has 0 fully saturated rings. The van der Waals surface area contributed by atoms with Crippen LogP contribution in [0.2, 0.25) is 0 Å². The molecule has 0 aliphatic heterocycles. The topological polar surface area (TPSA) is 161 Å². The van der Waals surface area contributed by atoms with E-state index in [1.165, 1.54) is 17.4 Å². The van der Waals surface area contributed by atoms with Crippen LogP contribution in [0.15, 0.2) is 84.2 Å². The first-order valence-corrected chi connectivity index (χ1v) is 16.9. The molecule has 1 heterocycles. The van der Waals surface area contributed by atoms with Crippen LogP contribution in [0, 0.1) is 0 Å². The number of aliphatic hydroxyl groups excluding tert-OH is 2. The van der Waals surface area contributed by atoms with Crippen LogP contribution in [0.1, 0.15) is 58.1 Å². The number of benzene rings is 3. The average Bonchev–Trinajstić information content (AvgIpc) is 3.63. The molecule has 3 aromatic carbocycles. The molecule has 48 heavy (non-hydrogen) atoms. The van der Waals surface area contributed by atoms with Crippen LogP contribution in [0.4, 0.5) is 21.9 Å². The van der Waals surface area contributed by atoms with Gasteiger partial charge in [-0.3, -0.25) is 4.79 Å². The first kappa shape index (κ1) is 36.5. The Bertz CT molecular complexity index is 1570. The number of unbranched alkanes of at least 4 members (excludes halogenated alkanes) is 3. The predicted molar refractivity (Wildman–Crippen MR) is 189 cm³/mol. The molecule has 256 valence electrons. The molecule has 0 aliphatic carbocycles. The first-order valence-electron chi connectivity index (χ1n) is 16.0. The summed E-state index contributed by atoms with van der Waals surface area (Å²) >= 11 is 1.36. The van der Waals surface area contributed by atoms with Crippen LogP contribution in [0.3, 0.4) is 0 Å². The van der Waals surface area contributed by atoms with E-state index in [0.29, 0.717) is 66.0 Å². The lowest BCUT2D eigenvalue weighted by Crippen LogP contribution is -2.22. The van der Waals surface area contributed by atoms with Crippen molar-refractivity contribution < 1.29 is 34.4 Å². The van der Waals surface area contributed by atoms with Gasteiger partial charge in [-0.15, -0.1) is 11.3 Å². The van der Waals surface area contributed by atoms with Gasteiger partial charge in [0.25, 0.3) is 5.91 Å². The number of urea groups is 1. The van der Waals surface area contributed by atoms with Gasteiger partial charge in [0.05, 0.1) is 37.4 Å². The number of hydrogen-bond donors (Lipinski definition) is 7. The minimum atomic E-state index is -0.701. The Morgan fingerprint density at radius 1 is 0.771 bits per heavy atom. The fraction of sp³-hybridized carbons (Fsp3) is 0.333. The van der Waals surface area contributed by atoms with Crippen molar-refractivity contribution >= 4 is 40.3 Å². The van der Waals surface area contributed by atoms with Gasteiger partial charge in [-0.25, -0.2) is 4.79 Å². The summed E-state index contributed by atoms with van der Waals surface area (Å²) in [4.78, 5) is 25.5. The summed E-state index contributed by atoms with van der Waals surface area (Å²) in [5.74, 6) is -0.174. The number of ether oxygens (including phenoxy) is 2. The van der Waals surface area contributed by atoms with E-state index in [9.17, 15) is 24.9 Å². The second-order valence-electron chi connectivity index (χ2n) is 11.1. The van der Waals surface area contributed by atoms with Crippen LogP contribution < -0.4 is 21.3 Å². The molecule has 1 atom stereocenters. The Kier molecular flexibility index (Phi) is 15.3. The molecule has 0 unspecified atom stereocenters. The number of nitrogens with one attached hydrogen (secondary N) is 4. The highest BCUT2D eigenvalue weighted by Crippen LogP contribution is 2.22. The van der Waals surface area contributed by atoms with Crippen LogP contribution in [0.5, 0.6) is 5.75 Å². The zero-order chi connectivity index (χ0) is 34.0. The molecule has 4 rings (SSSR count). The van der Waals surface area contributed by atoms with Gasteiger partial charge in [0, 0.05) is 35.8 Å². The number of rotatable bonds is 20. The number of carbonyl (C=O) groups excluding carboxylic acids is 2. The van der Waals surface area contributed by atoms with E-state index in [-0.39, 0.29) is 18.3 Å². The number of anilines is 3. The highest BCUT2D eigenvalue weighted by molar-refractivity contribution is 7.12. The molecule has 12 heteroatoms. The van der Waals surface area contributed by atoms with Gasteiger partial charge in [-0.2, -0.15) is 0 Å². The van der Waals surface area contributed by atoms with Crippen molar-refractivity contribution in [2.24, 2.45) is 0 Å². The second kappa shape index (κ2) is 20.2. The van der Waals surface area contributed by atoms with Crippen molar-refractivity contribution in [1.29, 1.82) is 0 Å². The maximum Gasteiger partial charge on any atom is 0.323 e. The molecule has 7 N–H and O–H groups in total. The maximum atomic E-state index is 12.6. The third-order valence-corrected chi connectivity index (χ3v) is 8.21. The number of thiophene rings is 1. The summed E-state index contributed by atoms with van der Waals surface area (Å²) in [5.41, 5.74) is 3.75. The Morgan fingerprint density at radius 3 is 2.27 bits per heavy atom. The first-order chi connectivity index (χ1) is 23.4. The molecule has 0 bridgehead atoms. The van der Waals surface area contributed by atoms with E-state index < -0.39 is 12.1 Å². The van der Waals surface area contributed by atoms with Gasteiger partial charge in [0.2, 0.25) is 0 Å². The number of carbonyl (C=O) groups is 2. The monoisotopic (exact) mass is 676 g/mol. The van der Waals surface area contributed by atoms with E-state index in [4.69, 9.17) is 9.47 Å². The minimum absolute atomic E-state index is 0.0247. The lowest BCUT2D eigenvalue weighted by molar-refractivity contribution is 0.0393. The van der Waals surface area contributed by atoms with E-state index >= 15 is 0 Å². The molecule has 0 radical (unpaired) electrons. The highest BCUT2D eigenvalue weighted by Gasteiger charge is 2.11. The van der Waals surface area contributed by atoms with Crippen molar-refractivity contribution in [2.45, 2.75) is 45.0 Å².